The van der Waals surface area contributed by atoms with E-state index in [4.69, 9.17) is 18.9 Å². The Morgan fingerprint density at radius 1 is 0.984 bits per heavy atom. The summed E-state index contributed by atoms with van der Waals surface area (Å²) in [6, 6.07) is 6.26. The third-order valence-corrected chi connectivity index (χ3v) is 17.0. The van der Waals surface area contributed by atoms with Crippen LogP contribution in [0, 0.1) is 21.8 Å². The van der Waals surface area contributed by atoms with Gasteiger partial charge >= 0.3 is 17.9 Å². The fraction of sp³-hybridized carbons (Fsp3) is 0.574. The van der Waals surface area contributed by atoms with Gasteiger partial charge in [0.15, 0.2) is 6.10 Å². The van der Waals surface area contributed by atoms with E-state index in [0.29, 0.717) is 99.5 Å². The first-order valence-electron chi connectivity index (χ1n) is 21.8. The average Bonchev–Trinajstić information content (AvgIpc) is 3.92. The van der Waals surface area contributed by atoms with Gasteiger partial charge in [0.25, 0.3) is 0 Å². The Labute approximate surface area is 375 Å². The normalized spacial score (nSPS) is 35.7. The number of aromatic nitrogens is 1. The molecule has 1 amide bonds. The molecule has 10 atom stereocenters. The lowest BCUT2D eigenvalue weighted by Crippen LogP contribution is -2.81. The number of carbonyl (C=O) groups excluding carboxylic acids is 4. The van der Waals surface area contributed by atoms with Gasteiger partial charge in [0.05, 0.1) is 38.7 Å². The second-order valence-electron chi connectivity index (χ2n) is 18.7. The molecule has 1 saturated carbocycles. The summed E-state index contributed by atoms with van der Waals surface area (Å²) >= 11 is 2.34. The van der Waals surface area contributed by atoms with Crippen LogP contribution in [-0.2, 0) is 50.6 Å². The summed E-state index contributed by atoms with van der Waals surface area (Å²) in [6.07, 6.45) is 5.82. The number of nitrogens with one attached hydrogen (secondary N) is 1. The molecule has 2 bridgehead atoms. The van der Waals surface area contributed by atoms with E-state index < -0.39 is 63.5 Å². The molecule has 3 aromatic rings. The standard InChI is InChI=1S/C47H57IN4O10/c1-8-43(57)21-28-22-46(41(55)60-6,37-29(11-15-50(23-28)24-43)30-17-26(3)33(48)19-34(30)49-37)32-18-31-35(20-36(32)59-5)52(25-53)39-45(31)13-16-51-14-10-12-44(9-2,38(45)51)40(62-27(4)54)47(39,58)42(56)61-7/h10,12,17-20,25,28,38-40,49,57-58H,8-9,11,13-16,21-24H2,1-7H3/t28-,38+,39?,40-,43+,44-,45-,46+,47+/m1/s1. The summed E-state index contributed by atoms with van der Waals surface area (Å²) in [5.41, 5.74) is -2.05. The molecule has 14 nitrogen and oxygen atoms in total. The molecule has 0 radical (unpaired) electrons. The minimum Gasteiger partial charge on any atom is -0.496 e. The Morgan fingerprint density at radius 2 is 1.74 bits per heavy atom. The Balaban J connectivity index is 1.39. The van der Waals surface area contributed by atoms with Crippen molar-refractivity contribution in [2.24, 2.45) is 11.3 Å². The van der Waals surface area contributed by atoms with Crippen molar-refractivity contribution in [1.82, 2.24) is 14.8 Å². The maximum Gasteiger partial charge on any atom is 0.344 e. The smallest absolute Gasteiger partial charge is 0.344 e. The van der Waals surface area contributed by atoms with E-state index in [9.17, 15) is 24.6 Å². The first kappa shape index (κ1) is 43.2. The van der Waals surface area contributed by atoms with Crippen molar-refractivity contribution >= 4 is 63.5 Å². The number of aryl methyl sites for hydroxylation is 1. The number of benzene rings is 2. The first-order valence-corrected chi connectivity index (χ1v) is 22.9. The predicted molar refractivity (Wildman–Crippen MR) is 238 cm³/mol. The third kappa shape index (κ3) is 5.65. The molecule has 332 valence electrons. The van der Waals surface area contributed by atoms with Crippen LogP contribution < -0.4 is 9.64 Å². The summed E-state index contributed by atoms with van der Waals surface area (Å²) in [4.78, 5) is 66.5. The molecular formula is C47H57IN4O10. The number of nitrogens with zero attached hydrogens (tertiary/aromatic N) is 3. The van der Waals surface area contributed by atoms with E-state index >= 15 is 4.79 Å². The number of rotatable bonds is 8. The number of aliphatic hydroxyl groups is 2. The zero-order valence-corrected chi connectivity index (χ0v) is 38.7. The molecule has 6 heterocycles. The van der Waals surface area contributed by atoms with E-state index in [0.717, 1.165) is 25.6 Å². The van der Waals surface area contributed by atoms with Gasteiger partial charge in [-0.15, -0.1) is 0 Å². The number of methoxy groups -OCH3 is 3. The molecule has 2 saturated heterocycles. The number of anilines is 1. The van der Waals surface area contributed by atoms with Gasteiger partial charge in [-0.25, -0.2) is 4.79 Å². The summed E-state index contributed by atoms with van der Waals surface area (Å²) in [5, 5.41) is 26.4. The number of esters is 3. The highest BCUT2D eigenvalue weighted by Crippen LogP contribution is 2.68. The molecule has 1 aliphatic carbocycles. The maximum absolute atomic E-state index is 15.5. The van der Waals surface area contributed by atoms with Crippen molar-refractivity contribution in [3.8, 4) is 5.75 Å². The Bertz CT molecular complexity index is 2420. The van der Waals surface area contributed by atoms with Crippen LogP contribution in [0.15, 0.2) is 36.4 Å². The minimum atomic E-state index is -2.54. The predicted octanol–water partition coefficient (Wildman–Crippen LogP) is 4.43. The maximum atomic E-state index is 15.5. The second-order valence-corrected chi connectivity index (χ2v) is 19.9. The molecule has 2 aromatic carbocycles. The lowest BCUT2D eigenvalue weighted by molar-refractivity contribution is -0.228. The fourth-order valence-corrected chi connectivity index (χ4v) is 14.0. The fourth-order valence-electron chi connectivity index (χ4n) is 13.5. The number of hydrogen-bond acceptors (Lipinski definition) is 12. The lowest BCUT2D eigenvalue weighted by Gasteiger charge is -2.63. The van der Waals surface area contributed by atoms with Crippen molar-refractivity contribution < 1.29 is 48.3 Å². The number of halogens is 1. The highest BCUT2D eigenvalue weighted by molar-refractivity contribution is 14.1. The van der Waals surface area contributed by atoms with E-state index in [1.165, 1.54) is 33.2 Å². The van der Waals surface area contributed by atoms with Crippen molar-refractivity contribution in [3.05, 3.63) is 67.9 Å². The summed E-state index contributed by atoms with van der Waals surface area (Å²) in [5.74, 6) is -2.07. The van der Waals surface area contributed by atoms with Crippen LogP contribution in [-0.4, -0.2) is 133 Å². The summed E-state index contributed by atoms with van der Waals surface area (Å²) < 4.78 is 24.9. The average molecular weight is 965 g/mol. The van der Waals surface area contributed by atoms with Crippen molar-refractivity contribution in [2.45, 2.75) is 106 Å². The summed E-state index contributed by atoms with van der Waals surface area (Å²) in [7, 11) is 4.11. The largest absolute Gasteiger partial charge is 0.496 e. The Kier molecular flexibility index (Phi) is 10.5. The zero-order valence-electron chi connectivity index (χ0n) is 36.5. The van der Waals surface area contributed by atoms with Gasteiger partial charge in [-0.3, -0.25) is 24.2 Å². The van der Waals surface area contributed by atoms with E-state index in [1.807, 2.05) is 32.1 Å². The molecule has 9 rings (SSSR count). The molecule has 1 spiro atoms. The topological polar surface area (TPSA) is 171 Å². The number of fused-ring (bicyclic) bond motifs is 6. The van der Waals surface area contributed by atoms with Gasteiger partial charge in [-0.2, -0.15) is 0 Å². The van der Waals surface area contributed by atoms with Crippen LogP contribution >= 0.6 is 22.6 Å². The van der Waals surface area contributed by atoms with Gasteiger partial charge in [0.2, 0.25) is 12.0 Å². The highest BCUT2D eigenvalue weighted by Gasteiger charge is 2.81. The molecular weight excluding hydrogens is 907 g/mol. The molecule has 2 unspecified atom stereocenters. The quantitative estimate of drug-likeness (QED) is 0.0957. The third-order valence-electron chi connectivity index (χ3n) is 15.9. The van der Waals surface area contributed by atoms with Crippen LogP contribution in [0.5, 0.6) is 5.75 Å². The van der Waals surface area contributed by atoms with Gasteiger partial charge in [0, 0.05) is 81.8 Å². The molecule has 5 aliphatic heterocycles. The zero-order chi connectivity index (χ0) is 44.3. The van der Waals surface area contributed by atoms with Crippen LogP contribution in [0.25, 0.3) is 10.9 Å². The minimum absolute atomic E-state index is 0.163. The van der Waals surface area contributed by atoms with Crippen molar-refractivity contribution in [3.63, 3.8) is 0 Å². The number of ether oxygens (including phenoxy) is 4. The molecule has 3 N–H and O–H groups in total. The van der Waals surface area contributed by atoms with Crippen LogP contribution in [0.2, 0.25) is 0 Å². The van der Waals surface area contributed by atoms with Gasteiger partial charge in [0.1, 0.15) is 11.2 Å². The van der Waals surface area contributed by atoms with Crippen molar-refractivity contribution in [1.29, 1.82) is 0 Å². The monoisotopic (exact) mass is 964 g/mol. The number of H-pyrrole nitrogens is 1. The van der Waals surface area contributed by atoms with E-state index in [1.54, 1.807) is 6.07 Å². The number of aromatic amines is 1. The molecule has 15 heteroatoms. The first-order chi connectivity index (χ1) is 29.6. The van der Waals surface area contributed by atoms with Gasteiger partial charge in [-0.05, 0) is 115 Å². The molecule has 3 fully saturated rings. The molecule has 1 aromatic heterocycles. The molecule has 62 heavy (non-hydrogen) atoms. The lowest BCUT2D eigenvalue weighted by atomic mass is 9.47. The number of piperidine rings is 1. The number of amides is 1. The summed E-state index contributed by atoms with van der Waals surface area (Å²) in [6.45, 7) is 10.2. The number of carbonyl (C=O) groups is 4. The van der Waals surface area contributed by atoms with Crippen LogP contribution in [0.3, 0.4) is 0 Å². The highest BCUT2D eigenvalue weighted by atomic mass is 127. The van der Waals surface area contributed by atoms with E-state index in [2.05, 4.69) is 56.4 Å². The second kappa shape index (κ2) is 15.0. The van der Waals surface area contributed by atoms with E-state index in [-0.39, 0.29) is 12.3 Å². The Hall–Kier alpha value is -4.03. The van der Waals surface area contributed by atoms with Crippen LogP contribution in [0.1, 0.15) is 80.8 Å². The van der Waals surface area contributed by atoms with Gasteiger partial charge < -0.3 is 39.0 Å². The molecule has 6 aliphatic rings. The number of hydrogen-bond donors (Lipinski definition) is 3. The Morgan fingerprint density at radius 3 is 2.40 bits per heavy atom. The van der Waals surface area contributed by atoms with Crippen molar-refractivity contribution in [2.75, 3.05) is 59.0 Å². The van der Waals surface area contributed by atoms with Crippen LogP contribution in [0.4, 0.5) is 5.69 Å². The van der Waals surface area contributed by atoms with Gasteiger partial charge in [-0.1, -0.05) is 26.0 Å². The SMILES string of the molecule is CC[C@]1(O)C[C@H]2CN(CCc3c([nH]c4cc(I)c(C)cc34)[C@@](C(=O)OC)(c3cc4c(cc3OC)N(C=O)C3[C@]45CCN4CC=C[C@@](CC)([C@@H](OC(C)=O)[C@]3(O)C(=O)OC)[C@H]45)C2)C1.